The van der Waals surface area contributed by atoms with Gasteiger partial charge >= 0.3 is 0 Å². The van der Waals surface area contributed by atoms with Gasteiger partial charge in [0.05, 0.1) is 11.3 Å². The Labute approximate surface area is 155 Å². The van der Waals surface area contributed by atoms with Crippen molar-refractivity contribution in [2.45, 2.75) is 19.0 Å². The number of aromatic amines is 1. The number of anilines is 1. The molecule has 27 heavy (non-hydrogen) atoms. The maximum atomic E-state index is 12.9. The summed E-state index contributed by atoms with van der Waals surface area (Å²) in [6.45, 7) is 1.79. The minimum atomic E-state index is -0.263. The number of hydrogen-bond acceptors (Lipinski definition) is 6. The Kier molecular flexibility index (Phi) is 4.41. The summed E-state index contributed by atoms with van der Waals surface area (Å²) in [5, 5.41) is 0.836. The van der Waals surface area contributed by atoms with Crippen molar-refractivity contribution in [1.82, 2.24) is 19.8 Å². The number of carbonyl (C=O) groups is 1. The second kappa shape index (κ2) is 6.88. The number of carbonyl (C=O) groups excluding carboxylic acids is 1. The third-order valence-corrected chi connectivity index (χ3v) is 5.01. The van der Waals surface area contributed by atoms with Gasteiger partial charge in [0.2, 0.25) is 5.95 Å². The van der Waals surface area contributed by atoms with Crippen LogP contribution in [0, 0.1) is 0 Å². The molecular formula is C19H21N5O3. The zero-order chi connectivity index (χ0) is 19.0. The van der Waals surface area contributed by atoms with Crippen molar-refractivity contribution in [3.63, 3.8) is 0 Å². The number of H-pyrrole nitrogens is 1. The molecule has 8 nitrogen and oxygen atoms in total. The maximum absolute atomic E-state index is 12.9. The number of nitrogens with one attached hydrogen (secondary N) is 1. The van der Waals surface area contributed by atoms with E-state index in [2.05, 4.69) is 14.9 Å². The van der Waals surface area contributed by atoms with Gasteiger partial charge in [-0.15, -0.1) is 0 Å². The molecule has 2 aromatic heterocycles. The van der Waals surface area contributed by atoms with Crippen LogP contribution in [0.25, 0.3) is 11.0 Å². The van der Waals surface area contributed by atoms with Crippen molar-refractivity contribution >= 4 is 22.8 Å². The molecule has 1 aromatic carbocycles. The van der Waals surface area contributed by atoms with E-state index in [1.54, 1.807) is 0 Å². The Morgan fingerprint density at radius 2 is 2.26 bits per heavy atom. The molecule has 0 saturated carbocycles. The highest BCUT2D eigenvalue weighted by atomic mass is 16.3. The van der Waals surface area contributed by atoms with Crippen LogP contribution in [0.4, 0.5) is 5.95 Å². The van der Waals surface area contributed by atoms with Crippen molar-refractivity contribution in [1.29, 1.82) is 0 Å². The summed E-state index contributed by atoms with van der Waals surface area (Å²) in [4.78, 5) is 35.0. The van der Waals surface area contributed by atoms with Crippen LogP contribution in [0.15, 0.2) is 45.8 Å². The number of amides is 1. The van der Waals surface area contributed by atoms with Gasteiger partial charge in [0.25, 0.3) is 11.5 Å². The number of likely N-dealkylation sites (tertiary alicyclic amines) is 1. The Hall–Kier alpha value is -3.13. The summed E-state index contributed by atoms with van der Waals surface area (Å²) in [7, 11) is 1.96. The number of aromatic nitrogens is 2. The van der Waals surface area contributed by atoms with Crippen LogP contribution >= 0.6 is 0 Å². The average Bonchev–Trinajstić information content (AvgIpc) is 3.28. The summed E-state index contributed by atoms with van der Waals surface area (Å²) < 4.78 is 5.49. The first kappa shape index (κ1) is 17.3. The van der Waals surface area contributed by atoms with E-state index in [1.165, 1.54) is 12.3 Å². The zero-order valence-corrected chi connectivity index (χ0v) is 15.0. The Balaban J connectivity index is 1.45. The molecule has 3 N–H and O–H groups in total. The van der Waals surface area contributed by atoms with E-state index in [-0.39, 0.29) is 23.5 Å². The molecule has 3 aromatic rings. The van der Waals surface area contributed by atoms with Gasteiger partial charge in [-0.1, -0.05) is 18.2 Å². The van der Waals surface area contributed by atoms with Crippen molar-refractivity contribution in [3.05, 3.63) is 58.2 Å². The van der Waals surface area contributed by atoms with Gasteiger partial charge in [0, 0.05) is 37.1 Å². The second-order valence-corrected chi connectivity index (χ2v) is 6.88. The lowest BCUT2D eigenvalue weighted by Gasteiger charge is -2.24. The van der Waals surface area contributed by atoms with Crippen LogP contribution in [-0.4, -0.2) is 51.9 Å². The molecule has 4 rings (SSSR count). The Morgan fingerprint density at radius 1 is 1.44 bits per heavy atom. The van der Waals surface area contributed by atoms with E-state index < -0.39 is 0 Å². The molecule has 1 aliphatic rings. The number of nitrogens with two attached hydrogens (primary N) is 1. The van der Waals surface area contributed by atoms with Crippen LogP contribution in [0.3, 0.4) is 0 Å². The fourth-order valence-electron chi connectivity index (χ4n) is 3.59. The van der Waals surface area contributed by atoms with Gasteiger partial charge in [0.15, 0.2) is 0 Å². The van der Waals surface area contributed by atoms with Crippen LogP contribution in [0.2, 0.25) is 0 Å². The van der Waals surface area contributed by atoms with E-state index >= 15 is 0 Å². The lowest BCUT2D eigenvalue weighted by Crippen LogP contribution is -2.36. The molecule has 1 amide bonds. The molecule has 1 atom stereocenters. The maximum Gasteiger partial charge on any atom is 0.257 e. The molecule has 140 valence electrons. The second-order valence-electron chi connectivity index (χ2n) is 6.88. The summed E-state index contributed by atoms with van der Waals surface area (Å²) in [5.74, 6) is 0.0929. The summed E-state index contributed by atoms with van der Waals surface area (Å²) >= 11 is 0. The summed E-state index contributed by atoms with van der Waals surface area (Å²) in [6, 6.07) is 9.17. The Bertz CT molecular complexity index is 1040. The molecule has 0 aliphatic carbocycles. The number of benzene rings is 1. The monoisotopic (exact) mass is 367 g/mol. The van der Waals surface area contributed by atoms with Gasteiger partial charge in [-0.05, 0) is 19.5 Å². The van der Waals surface area contributed by atoms with Crippen molar-refractivity contribution in [3.8, 4) is 0 Å². The highest BCUT2D eigenvalue weighted by Crippen LogP contribution is 2.25. The summed E-state index contributed by atoms with van der Waals surface area (Å²) in [5.41, 5.74) is 7.27. The first-order chi connectivity index (χ1) is 13.0. The smallest absolute Gasteiger partial charge is 0.257 e. The third kappa shape index (κ3) is 3.43. The van der Waals surface area contributed by atoms with E-state index in [1.807, 2.05) is 36.2 Å². The minimum absolute atomic E-state index is 0.0191. The number of nitrogens with zero attached hydrogens (tertiary/aromatic N) is 3. The van der Waals surface area contributed by atoms with Crippen molar-refractivity contribution < 1.29 is 9.21 Å². The lowest BCUT2D eigenvalue weighted by molar-refractivity contribution is 0.0780. The first-order valence-electron chi connectivity index (χ1n) is 8.83. The van der Waals surface area contributed by atoms with Crippen LogP contribution < -0.4 is 11.3 Å². The molecule has 1 unspecified atom stereocenters. The standard InChI is InChI=1S/C19H21N5O3/c1-23(9-12-8-17(25)22-19(20)21-12)13-6-7-24(10-13)18(26)15-11-27-16-5-3-2-4-14(15)16/h2-5,8,11,13H,6-7,9-10H2,1H3,(H3,20,21,22,25). The number of para-hydroxylation sites is 1. The van der Waals surface area contributed by atoms with Crippen molar-refractivity contribution in [2.24, 2.45) is 0 Å². The number of likely N-dealkylation sites (N-methyl/N-ethyl adjacent to an activating group) is 1. The number of fused-ring (bicyclic) bond motifs is 1. The highest BCUT2D eigenvalue weighted by Gasteiger charge is 2.30. The zero-order valence-electron chi connectivity index (χ0n) is 15.0. The summed E-state index contributed by atoms with van der Waals surface area (Å²) in [6.07, 6.45) is 2.39. The largest absolute Gasteiger partial charge is 0.463 e. The SMILES string of the molecule is CN(Cc1cc(=O)[nH]c(N)n1)C1CCN(C(=O)c2coc3ccccc23)C1. The van der Waals surface area contributed by atoms with E-state index in [4.69, 9.17) is 10.2 Å². The lowest BCUT2D eigenvalue weighted by atomic mass is 10.1. The molecule has 1 aliphatic heterocycles. The molecule has 0 bridgehead atoms. The minimum Gasteiger partial charge on any atom is -0.463 e. The van der Waals surface area contributed by atoms with Gasteiger partial charge < -0.3 is 15.1 Å². The van der Waals surface area contributed by atoms with Gasteiger partial charge in [-0.2, -0.15) is 0 Å². The average molecular weight is 367 g/mol. The van der Waals surface area contributed by atoms with E-state index in [0.717, 1.165) is 11.8 Å². The van der Waals surface area contributed by atoms with Crippen LogP contribution in [0.1, 0.15) is 22.5 Å². The Morgan fingerprint density at radius 3 is 3.07 bits per heavy atom. The predicted octanol–water partition coefficient (Wildman–Crippen LogP) is 1.44. The topological polar surface area (TPSA) is 108 Å². The molecule has 1 saturated heterocycles. The number of furan rings is 1. The van der Waals surface area contributed by atoms with E-state index in [9.17, 15) is 9.59 Å². The van der Waals surface area contributed by atoms with Gasteiger partial charge in [-0.25, -0.2) is 4.98 Å². The van der Waals surface area contributed by atoms with Gasteiger partial charge in [0.1, 0.15) is 11.8 Å². The fraction of sp³-hybridized carbons (Fsp3) is 0.316. The fourth-order valence-corrected chi connectivity index (χ4v) is 3.59. The predicted molar refractivity (Wildman–Crippen MR) is 101 cm³/mol. The normalized spacial score (nSPS) is 17.1. The van der Waals surface area contributed by atoms with Crippen molar-refractivity contribution in [2.75, 3.05) is 25.9 Å². The van der Waals surface area contributed by atoms with E-state index in [0.29, 0.717) is 36.5 Å². The van der Waals surface area contributed by atoms with Crippen LogP contribution in [0.5, 0.6) is 0 Å². The molecule has 0 radical (unpaired) electrons. The molecule has 8 heteroatoms. The molecular weight excluding hydrogens is 346 g/mol. The number of hydrogen-bond donors (Lipinski definition) is 2. The quantitative estimate of drug-likeness (QED) is 0.722. The molecule has 0 spiro atoms. The third-order valence-electron chi connectivity index (χ3n) is 5.01. The number of nitrogen functional groups attached to an aromatic ring is 1. The molecule has 1 fully saturated rings. The van der Waals surface area contributed by atoms with Gasteiger partial charge in [-0.3, -0.25) is 19.5 Å². The highest BCUT2D eigenvalue weighted by molar-refractivity contribution is 6.06. The van der Waals surface area contributed by atoms with Crippen LogP contribution in [-0.2, 0) is 6.54 Å². The first-order valence-corrected chi connectivity index (χ1v) is 8.83. The number of rotatable bonds is 4. The molecule has 3 heterocycles.